The molecule has 1 amide bonds. The van der Waals surface area contributed by atoms with Gasteiger partial charge in [0, 0.05) is 7.11 Å². The number of nitrogens with zero attached hydrogens (tertiary/aromatic N) is 2. The number of benzene rings is 1. The number of hydrogen-bond donors (Lipinski definition) is 1. The van der Waals surface area contributed by atoms with Crippen LogP contribution in [0.4, 0.5) is 4.39 Å². The Labute approximate surface area is 147 Å². The lowest BCUT2D eigenvalue weighted by Crippen LogP contribution is -2.40. The van der Waals surface area contributed by atoms with Crippen molar-refractivity contribution in [3.63, 3.8) is 0 Å². The number of carbonyl (C=O) groups excluding carboxylic acids is 1. The van der Waals surface area contributed by atoms with Crippen LogP contribution in [0, 0.1) is 11.7 Å². The Bertz CT molecular complexity index is 736. The van der Waals surface area contributed by atoms with Crippen molar-refractivity contribution < 1.29 is 13.9 Å². The number of nitrogens with one attached hydrogen (secondary N) is 1. The van der Waals surface area contributed by atoms with Crippen LogP contribution in [0.5, 0.6) is 0 Å². The van der Waals surface area contributed by atoms with Crippen LogP contribution in [0.25, 0.3) is 5.69 Å². The van der Waals surface area contributed by atoms with Crippen molar-refractivity contribution in [1.82, 2.24) is 15.1 Å². The van der Waals surface area contributed by atoms with Crippen LogP contribution in [0.15, 0.2) is 30.5 Å². The number of ether oxygens (including phenoxy) is 1. The number of carbonyl (C=O) groups is 1. The van der Waals surface area contributed by atoms with Gasteiger partial charge in [0.25, 0.3) is 5.91 Å². The van der Waals surface area contributed by atoms with E-state index >= 15 is 0 Å². The van der Waals surface area contributed by atoms with Gasteiger partial charge in [-0.05, 0) is 48.9 Å². The lowest BCUT2D eigenvalue weighted by Gasteiger charge is -2.18. The molecule has 0 aliphatic heterocycles. The molecular weight excluding hydrogens is 321 g/mol. The summed E-state index contributed by atoms with van der Waals surface area (Å²) in [6.45, 7) is 4.54. The van der Waals surface area contributed by atoms with E-state index in [0.29, 0.717) is 18.1 Å². The maximum atomic E-state index is 13.2. The van der Waals surface area contributed by atoms with Crippen LogP contribution in [0.3, 0.4) is 0 Å². The number of amides is 1. The van der Waals surface area contributed by atoms with Crippen molar-refractivity contribution in [2.24, 2.45) is 5.92 Å². The Morgan fingerprint density at radius 3 is 2.60 bits per heavy atom. The van der Waals surface area contributed by atoms with Crippen molar-refractivity contribution >= 4 is 5.91 Å². The molecule has 3 rings (SSSR count). The molecular formula is C19H24FN3O2. The molecule has 1 heterocycles. The Morgan fingerprint density at radius 2 is 2.04 bits per heavy atom. The standard InChI is InChI=1S/C19H24FN3O2/c1-12(2)18-16(19(24)22-17(11-25-3)13-4-5-13)10-21-23(18)15-8-6-14(20)7-9-15/h6-10,12-13,17H,4-5,11H2,1-3H3,(H,22,24). The van der Waals surface area contributed by atoms with E-state index in [-0.39, 0.29) is 23.7 Å². The molecule has 0 saturated heterocycles. The quantitative estimate of drug-likeness (QED) is 0.838. The van der Waals surface area contributed by atoms with Gasteiger partial charge in [0.1, 0.15) is 5.82 Å². The van der Waals surface area contributed by atoms with Gasteiger partial charge in [-0.1, -0.05) is 13.8 Å². The number of rotatable bonds is 7. The molecule has 0 spiro atoms. The molecule has 0 radical (unpaired) electrons. The van der Waals surface area contributed by atoms with Gasteiger partial charge in [0.15, 0.2) is 0 Å². The summed E-state index contributed by atoms with van der Waals surface area (Å²) in [5.41, 5.74) is 2.11. The first kappa shape index (κ1) is 17.6. The van der Waals surface area contributed by atoms with Gasteiger partial charge < -0.3 is 10.1 Å². The molecule has 1 aliphatic carbocycles. The maximum Gasteiger partial charge on any atom is 0.255 e. The SMILES string of the molecule is COCC(NC(=O)c1cnn(-c2ccc(F)cc2)c1C(C)C)C1CC1. The molecule has 5 nitrogen and oxygen atoms in total. The van der Waals surface area contributed by atoms with Gasteiger partial charge in [-0.2, -0.15) is 5.10 Å². The lowest BCUT2D eigenvalue weighted by molar-refractivity contribution is 0.0882. The van der Waals surface area contributed by atoms with Crippen LogP contribution in [0.2, 0.25) is 0 Å². The topological polar surface area (TPSA) is 56.1 Å². The molecule has 1 N–H and O–H groups in total. The summed E-state index contributed by atoms with van der Waals surface area (Å²) in [5.74, 6) is 0.159. The molecule has 1 atom stereocenters. The maximum absolute atomic E-state index is 13.2. The van der Waals surface area contributed by atoms with Crippen molar-refractivity contribution in [2.45, 2.75) is 38.6 Å². The molecule has 1 unspecified atom stereocenters. The van der Waals surface area contributed by atoms with Crippen molar-refractivity contribution in [1.29, 1.82) is 0 Å². The van der Waals surface area contributed by atoms with Gasteiger partial charge in [-0.25, -0.2) is 9.07 Å². The van der Waals surface area contributed by atoms with Crippen LogP contribution in [0.1, 0.15) is 48.7 Å². The van der Waals surface area contributed by atoms with E-state index in [2.05, 4.69) is 10.4 Å². The van der Waals surface area contributed by atoms with Crippen molar-refractivity contribution in [3.05, 3.63) is 47.5 Å². The summed E-state index contributed by atoms with van der Waals surface area (Å²) in [6.07, 6.45) is 3.84. The van der Waals surface area contributed by atoms with Gasteiger partial charge >= 0.3 is 0 Å². The van der Waals surface area contributed by atoms with Crippen molar-refractivity contribution in [2.75, 3.05) is 13.7 Å². The normalized spacial score (nSPS) is 15.4. The highest BCUT2D eigenvalue weighted by Gasteiger charge is 2.33. The molecule has 1 aliphatic rings. The molecule has 2 aromatic rings. The van der Waals surface area contributed by atoms with E-state index in [1.54, 1.807) is 30.1 Å². The van der Waals surface area contributed by atoms with E-state index in [1.165, 1.54) is 12.1 Å². The minimum absolute atomic E-state index is 0.0340. The Kier molecular flexibility index (Phi) is 5.18. The first-order valence-electron chi connectivity index (χ1n) is 8.65. The van der Waals surface area contributed by atoms with Gasteiger partial charge in [0.2, 0.25) is 0 Å². The van der Waals surface area contributed by atoms with E-state index in [1.807, 2.05) is 13.8 Å². The van der Waals surface area contributed by atoms with Crippen molar-refractivity contribution in [3.8, 4) is 5.69 Å². The second-order valence-corrected chi connectivity index (χ2v) is 6.86. The number of aromatic nitrogens is 2. The summed E-state index contributed by atoms with van der Waals surface area (Å²) >= 11 is 0. The van der Waals surface area contributed by atoms with E-state index < -0.39 is 0 Å². The molecule has 1 aromatic carbocycles. The largest absolute Gasteiger partial charge is 0.383 e. The predicted molar refractivity (Wildman–Crippen MR) is 93.5 cm³/mol. The van der Waals surface area contributed by atoms with E-state index in [4.69, 9.17) is 4.74 Å². The first-order chi connectivity index (χ1) is 12.0. The summed E-state index contributed by atoms with van der Waals surface area (Å²) in [4.78, 5) is 12.8. The average Bonchev–Trinajstić information content (AvgIpc) is 3.33. The van der Waals surface area contributed by atoms with Gasteiger partial charge in [-0.3, -0.25) is 4.79 Å². The smallest absolute Gasteiger partial charge is 0.255 e. The average molecular weight is 345 g/mol. The highest BCUT2D eigenvalue weighted by atomic mass is 19.1. The fourth-order valence-corrected chi connectivity index (χ4v) is 3.10. The zero-order valence-corrected chi connectivity index (χ0v) is 14.8. The predicted octanol–water partition coefficient (Wildman–Crippen LogP) is 3.29. The number of halogens is 1. The molecule has 134 valence electrons. The summed E-state index contributed by atoms with van der Waals surface area (Å²) in [5, 5.41) is 7.46. The van der Waals surface area contributed by atoms with Gasteiger partial charge in [-0.15, -0.1) is 0 Å². The van der Waals surface area contributed by atoms with Gasteiger partial charge in [0.05, 0.1) is 35.8 Å². The Morgan fingerprint density at radius 1 is 1.36 bits per heavy atom. The zero-order valence-electron chi connectivity index (χ0n) is 14.8. The van der Waals surface area contributed by atoms with Crippen LogP contribution in [-0.2, 0) is 4.74 Å². The molecule has 1 fully saturated rings. The third kappa shape index (κ3) is 3.90. The summed E-state index contributed by atoms with van der Waals surface area (Å²) < 4.78 is 20.1. The third-order valence-electron chi connectivity index (χ3n) is 4.52. The van der Waals surface area contributed by atoms with Crippen LogP contribution >= 0.6 is 0 Å². The molecule has 6 heteroatoms. The molecule has 25 heavy (non-hydrogen) atoms. The fourth-order valence-electron chi connectivity index (χ4n) is 3.10. The molecule has 1 saturated carbocycles. The second kappa shape index (κ2) is 7.35. The number of methoxy groups -OCH3 is 1. The molecule has 1 aromatic heterocycles. The Hall–Kier alpha value is -2.21. The highest BCUT2D eigenvalue weighted by Crippen LogP contribution is 2.33. The minimum Gasteiger partial charge on any atom is -0.383 e. The number of hydrogen-bond acceptors (Lipinski definition) is 3. The van der Waals surface area contributed by atoms with Crippen LogP contribution < -0.4 is 5.32 Å². The first-order valence-corrected chi connectivity index (χ1v) is 8.65. The monoisotopic (exact) mass is 345 g/mol. The lowest BCUT2D eigenvalue weighted by atomic mass is 10.0. The highest BCUT2D eigenvalue weighted by molar-refractivity contribution is 5.95. The van der Waals surface area contributed by atoms with E-state index in [0.717, 1.165) is 24.2 Å². The third-order valence-corrected chi connectivity index (χ3v) is 4.52. The minimum atomic E-state index is -0.299. The zero-order chi connectivity index (χ0) is 18.0. The summed E-state index contributed by atoms with van der Waals surface area (Å²) in [7, 11) is 1.65. The van der Waals surface area contributed by atoms with E-state index in [9.17, 15) is 9.18 Å². The Balaban J connectivity index is 1.88. The fraction of sp³-hybridized carbons (Fsp3) is 0.474. The molecule has 0 bridgehead atoms. The summed E-state index contributed by atoms with van der Waals surface area (Å²) in [6, 6.07) is 6.14. The second-order valence-electron chi connectivity index (χ2n) is 6.86. The van der Waals surface area contributed by atoms with Crippen LogP contribution in [-0.4, -0.2) is 35.4 Å².